The van der Waals surface area contributed by atoms with Gasteiger partial charge in [0.2, 0.25) is 5.91 Å². The lowest BCUT2D eigenvalue weighted by atomic mass is 10.0. The molecule has 33 heavy (non-hydrogen) atoms. The number of nitrogens with zero attached hydrogens (tertiary/aromatic N) is 3. The number of ether oxygens (including phenoxy) is 1. The lowest BCUT2D eigenvalue weighted by Gasteiger charge is -2.18. The SMILES string of the molecule is CC(C)Cn1c(SCC(=O)NCc2ccccc2)nnc1C(C)Oc1ccc(C(C)C)cc1. The Labute approximate surface area is 201 Å². The molecule has 0 spiro atoms. The normalized spacial score (nSPS) is 12.2. The van der Waals surface area contributed by atoms with Gasteiger partial charge in [-0.3, -0.25) is 4.79 Å². The highest BCUT2D eigenvalue weighted by molar-refractivity contribution is 7.99. The smallest absolute Gasteiger partial charge is 0.230 e. The molecule has 0 saturated carbocycles. The van der Waals surface area contributed by atoms with E-state index >= 15 is 0 Å². The third kappa shape index (κ3) is 7.35. The summed E-state index contributed by atoms with van der Waals surface area (Å²) in [5.74, 6) is 2.72. The predicted octanol–water partition coefficient (Wildman–Crippen LogP) is 5.61. The Bertz CT molecular complexity index is 1020. The number of hydrogen-bond acceptors (Lipinski definition) is 5. The van der Waals surface area contributed by atoms with Crippen molar-refractivity contribution in [3.63, 3.8) is 0 Å². The van der Waals surface area contributed by atoms with Crippen LogP contribution in [-0.2, 0) is 17.9 Å². The second-order valence-corrected chi connectivity index (χ2v) is 9.82. The topological polar surface area (TPSA) is 69.0 Å². The van der Waals surface area contributed by atoms with Crippen LogP contribution in [0.15, 0.2) is 59.8 Å². The van der Waals surface area contributed by atoms with E-state index in [4.69, 9.17) is 4.74 Å². The molecule has 0 aliphatic rings. The van der Waals surface area contributed by atoms with Crippen molar-refractivity contribution < 1.29 is 9.53 Å². The zero-order chi connectivity index (χ0) is 23.8. The zero-order valence-electron chi connectivity index (χ0n) is 20.1. The first-order chi connectivity index (χ1) is 15.8. The highest BCUT2D eigenvalue weighted by Gasteiger charge is 2.21. The molecule has 1 amide bonds. The molecule has 0 saturated heterocycles. The van der Waals surface area contributed by atoms with Gasteiger partial charge in [-0.25, -0.2) is 0 Å². The van der Waals surface area contributed by atoms with Crippen molar-refractivity contribution in [1.82, 2.24) is 20.1 Å². The molecule has 0 bridgehead atoms. The van der Waals surface area contributed by atoms with Gasteiger partial charge in [0.15, 0.2) is 17.1 Å². The van der Waals surface area contributed by atoms with Crippen molar-refractivity contribution in [3.8, 4) is 5.75 Å². The molecule has 0 fully saturated rings. The summed E-state index contributed by atoms with van der Waals surface area (Å²) in [6.45, 7) is 11.9. The van der Waals surface area contributed by atoms with Gasteiger partial charge < -0.3 is 14.6 Å². The van der Waals surface area contributed by atoms with Crippen molar-refractivity contribution in [2.45, 2.75) is 64.9 Å². The van der Waals surface area contributed by atoms with Gasteiger partial charge in [-0.2, -0.15) is 0 Å². The highest BCUT2D eigenvalue weighted by Crippen LogP contribution is 2.26. The molecule has 1 atom stereocenters. The maximum atomic E-state index is 12.4. The van der Waals surface area contributed by atoms with Gasteiger partial charge in [0, 0.05) is 13.1 Å². The van der Waals surface area contributed by atoms with Crippen molar-refractivity contribution in [2.24, 2.45) is 5.92 Å². The van der Waals surface area contributed by atoms with Gasteiger partial charge in [0.25, 0.3) is 0 Å². The van der Waals surface area contributed by atoms with Crippen molar-refractivity contribution in [2.75, 3.05) is 5.75 Å². The van der Waals surface area contributed by atoms with Crippen molar-refractivity contribution in [3.05, 3.63) is 71.5 Å². The van der Waals surface area contributed by atoms with Crippen molar-refractivity contribution >= 4 is 17.7 Å². The number of rotatable bonds is 11. The number of hydrogen-bond donors (Lipinski definition) is 1. The molecule has 0 aliphatic carbocycles. The first-order valence-electron chi connectivity index (χ1n) is 11.5. The van der Waals surface area contributed by atoms with Crippen LogP contribution >= 0.6 is 11.8 Å². The molecule has 3 rings (SSSR count). The summed E-state index contributed by atoms with van der Waals surface area (Å²) in [7, 11) is 0. The minimum absolute atomic E-state index is 0.0287. The molecule has 2 aromatic carbocycles. The summed E-state index contributed by atoms with van der Waals surface area (Å²) in [5.41, 5.74) is 2.36. The van der Waals surface area contributed by atoms with Crippen LogP contribution in [0.1, 0.15) is 63.6 Å². The Morgan fingerprint density at radius 2 is 1.70 bits per heavy atom. The minimum atomic E-state index is -0.262. The lowest BCUT2D eigenvalue weighted by Crippen LogP contribution is -2.24. The van der Waals surface area contributed by atoms with E-state index in [-0.39, 0.29) is 17.8 Å². The molecular formula is C26H34N4O2S. The Morgan fingerprint density at radius 3 is 2.33 bits per heavy atom. The maximum absolute atomic E-state index is 12.4. The average Bonchev–Trinajstić information content (AvgIpc) is 3.19. The number of thioether (sulfide) groups is 1. The van der Waals surface area contributed by atoms with Crippen LogP contribution in [0.25, 0.3) is 0 Å². The highest BCUT2D eigenvalue weighted by atomic mass is 32.2. The summed E-state index contributed by atoms with van der Waals surface area (Å²) >= 11 is 1.40. The number of amides is 1. The predicted molar refractivity (Wildman–Crippen MR) is 133 cm³/mol. The Morgan fingerprint density at radius 1 is 1.00 bits per heavy atom. The summed E-state index contributed by atoms with van der Waals surface area (Å²) in [6, 6.07) is 18.1. The van der Waals surface area contributed by atoms with E-state index in [9.17, 15) is 4.79 Å². The maximum Gasteiger partial charge on any atom is 0.230 e. The van der Waals surface area contributed by atoms with Crippen LogP contribution < -0.4 is 10.1 Å². The molecule has 1 unspecified atom stereocenters. The fourth-order valence-corrected chi connectivity index (χ4v) is 4.19. The number of nitrogens with one attached hydrogen (secondary N) is 1. The molecular weight excluding hydrogens is 432 g/mol. The third-order valence-electron chi connectivity index (χ3n) is 5.18. The zero-order valence-corrected chi connectivity index (χ0v) is 20.9. The summed E-state index contributed by atoms with van der Waals surface area (Å²) in [5, 5.41) is 12.5. The second kappa shape index (κ2) is 11.9. The average molecular weight is 467 g/mol. The Kier molecular flexibility index (Phi) is 8.95. The van der Waals surface area contributed by atoms with E-state index < -0.39 is 0 Å². The number of benzene rings is 2. The van der Waals surface area contributed by atoms with Gasteiger partial charge in [-0.15, -0.1) is 10.2 Å². The number of aromatic nitrogens is 3. The van der Waals surface area contributed by atoms with Crippen LogP contribution in [0.3, 0.4) is 0 Å². The molecule has 1 aromatic heterocycles. The van der Waals surface area contributed by atoms with Crippen LogP contribution in [0.2, 0.25) is 0 Å². The van der Waals surface area contributed by atoms with E-state index in [1.165, 1.54) is 17.3 Å². The summed E-state index contributed by atoms with van der Waals surface area (Å²) in [4.78, 5) is 12.4. The lowest BCUT2D eigenvalue weighted by molar-refractivity contribution is -0.118. The van der Waals surface area contributed by atoms with Crippen LogP contribution in [0, 0.1) is 5.92 Å². The van der Waals surface area contributed by atoms with Crippen molar-refractivity contribution in [1.29, 1.82) is 0 Å². The van der Waals surface area contributed by atoms with E-state index in [1.54, 1.807) is 0 Å². The first-order valence-corrected chi connectivity index (χ1v) is 12.4. The van der Waals surface area contributed by atoms with E-state index in [0.717, 1.165) is 28.8 Å². The molecule has 0 aliphatic heterocycles. The fraction of sp³-hybridized carbons (Fsp3) is 0.423. The largest absolute Gasteiger partial charge is 0.483 e. The quantitative estimate of drug-likeness (QED) is 0.372. The molecule has 7 heteroatoms. The molecule has 1 heterocycles. The molecule has 0 radical (unpaired) electrons. The summed E-state index contributed by atoms with van der Waals surface area (Å²) < 4.78 is 8.25. The van der Waals surface area contributed by atoms with Gasteiger partial charge >= 0.3 is 0 Å². The first kappa shape index (κ1) is 24.8. The van der Waals surface area contributed by atoms with Gasteiger partial charge in [0.1, 0.15) is 5.75 Å². The fourth-order valence-electron chi connectivity index (χ4n) is 3.41. The van der Waals surface area contributed by atoms with Gasteiger partial charge in [-0.05, 0) is 42.0 Å². The van der Waals surface area contributed by atoms with E-state index in [2.05, 4.69) is 59.9 Å². The molecule has 3 aromatic rings. The number of carbonyl (C=O) groups excluding carboxylic acids is 1. The number of carbonyl (C=O) groups is 1. The molecule has 1 N–H and O–H groups in total. The van der Waals surface area contributed by atoms with Gasteiger partial charge in [0.05, 0.1) is 5.75 Å². The van der Waals surface area contributed by atoms with Crippen LogP contribution in [0.5, 0.6) is 5.75 Å². The van der Waals surface area contributed by atoms with Crippen LogP contribution in [0.4, 0.5) is 0 Å². The van der Waals surface area contributed by atoms with E-state index in [1.807, 2.05) is 49.4 Å². The Balaban J connectivity index is 1.64. The second-order valence-electron chi connectivity index (χ2n) is 8.88. The monoisotopic (exact) mass is 466 g/mol. The molecule has 6 nitrogen and oxygen atoms in total. The summed E-state index contributed by atoms with van der Waals surface area (Å²) in [6.07, 6.45) is -0.262. The van der Waals surface area contributed by atoms with Gasteiger partial charge in [-0.1, -0.05) is 81.9 Å². The minimum Gasteiger partial charge on any atom is -0.483 e. The standard InChI is InChI=1S/C26H34N4O2S/c1-18(2)16-30-25(20(5)32-23-13-11-22(12-14-23)19(3)4)28-29-26(30)33-17-24(31)27-15-21-9-7-6-8-10-21/h6-14,18-20H,15-17H2,1-5H3,(H,27,31). The Hall–Kier alpha value is -2.80. The third-order valence-corrected chi connectivity index (χ3v) is 6.15. The molecule has 176 valence electrons. The van der Waals surface area contributed by atoms with E-state index in [0.29, 0.717) is 18.4 Å². The van der Waals surface area contributed by atoms with Crippen LogP contribution in [-0.4, -0.2) is 26.4 Å².